The average molecular weight is 196 g/mol. The van der Waals surface area contributed by atoms with Crippen LogP contribution in [0.25, 0.3) is 0 Å². The second kappa shape index (κ2) is 4.00. The standard InChI is InChI=1S/C5H12NO5P/c1-2-3(12(9,10)11)4(6)5(7)8/h3-4H,2,6H2,1H3,(H,7,8)(H2,9,10,11)/p-1. The fourth-order valence-electron chi connectivity index (χ4n) is 0.858. The third-order valence-corrected chi connectivity index (χ3v) is 3.09. The third kappa shape index (κ3) is 2.91. The van der Waals surface area contributed by atoms with Gasteiger partial charge in [-0.1, -0.05) is 6.92 Å². The molecule has 72 valence electrons. The number of carboxylic acid groups (broad SMARTS) is 1. The Morgan fingerprint density at radius 2 is 2.08 bits per heavy atom. The Morgan fingerprint density at radius 1 is 1.67 bits per heavy atom. The normalized spacial score (nSPS) is 17.0. The molecule has 0 aliphatic rings. The number of carboxylic acids is 1. The minimum atomic E-state index is -4.43. The maximum absolute atomic E-state index is 10.6. The zero-order valence-electron chi connectivity index (χ0n) is 6.51. The molecule has 0 heterocycles. The minimum absolute atomic E-state index is 0.000571. The Bertz CT molecular complexity index is 212. The van der Waals surface area contributed by atoms with E-state index in [9.17, 15) is 14.5 Å². The van der Waals surface area contributed by atoms with Crippen molar-refractivity contribution in [3.8, 4) is 0 Å². The number of carbonyl (C=O) groups excluding carboxylic acids is 1. The Kier molecular flexibility index (Phi) is 3.86. The number of hydrogen-bond acceptors (Lipinski definition) is 4. The maximum Gasteiger partial charge on any atom is 0.330 e. The summed E-state index contributed by atoms with van der Waals surface area (Å²) in [7, 11) is -4.43. The van der Waals surface area contributed by atoms with E-state index in [2.05, 4.69) is 0 Å². The molecule has 0 spiro atoms. The second-order valence-electron chi connectivity index (χ2n) is 2.41. The van der Waals surface area contributed by atoms with Crippen molar-refractivity contribution in [3.63, 3.8) is 0 Å². The summed E-state index contributed by atoms with van der Waals surface area (Å²) >= 11 is 0. The minimum Gasteiger partial charge on any atom is -0.548 e. The highest BCUT2D eigenvalue weighted by Crippen LogP contribution is 2.43. The largest absolute Gasteiger partial charge is 0.548 e. The predicted octanol–water partition coefficient (Wildman–Crippen LogP) is -1.98. The molecule has 0 saturated heterocycles. The van der Waals surface area contributed by atoms with Gasteiger partial charge in [0.05, 0.1) is 17.7 Å². The van der Waals surface area contributed by atoms with Gasteiger partial charge in [0, 0.05) is 0 Å². The van der Waals surface area contributed by atoms with Crippen LogP contribution in [0.2, 0.25) is 0 Å². The van der Waals surface area contributed by atoms with Crippen LogP contribution in [0.5, 0.6) is 0 Å². The molecule has 0 aromatic heterocycles. The molecule has 0 bridgehead atoms. The molecule has 2 atom stereocenters. The lowest BCUT2D eigenvalue weighted by atomic mass is 10.2. The highest BCUT2D eigenvalue weighted by molar-refractivity contribution is 7.52. The summed E-state index contributed by atoms with van der Waals surface area (Å²) < 4.78 is 10.6. The van der Waals surface area contributed by atoms with Gasteiger partial charge in [-0.05, 0) is 6.42 Å². The van der Waals surface area contributed by atoms with E-state index in [1.807, 2.05) is 0 Å². The summed E-state index contributed by atoms with van der Waals surface area (Å²) in [5.74, 6) is -1.65. The van der Waals surface area contributed by atoms with E-state index in [1.165, 1.54) is 6.92 Å². The topological polar surface area (TPSA) is 124 Å². The van der Waals surface area contributed by atoms with Crippen molar-refractivity contribution in [2.75, 3.05) is 0 Å². The van der Waals surface area contributed by atoms with Crippen LogP contribution in [-0.2, 0) is 9.36 Å². The van der Waals surface area contributed by atoms with Crippen molar-refractivity contribution < 1.29 is 24.3 Å². The van der Waals surface area contributed by atoms with Gasteiger partial charge in [0.2, 0.25) is 0 Å². The Morgan fingerprint density at radius 3 is 2.17 bits per heavy atom. The summed E-state index contributed by atoms with van der Waals surface area (Å²) in [4.78, 5) is 27.4. The molecule has 0 aliphatic heterocycles. The lowest BCUT2D eigenvalue weighted by Crippen LogP contribution is -2.49. The van der Waals surface area contributed by atoms with Gasteiger partial charge in [-0.15, -0.1) is 0 Å². The second-order valence-corrected chi connectivity index (χ2v) is 4.25. The summed E-state index contributed by atoms with van der Waals surface area (Å²) in [6.45, 7) is 1.45. The molecule has 0 aromatic carbocycles. The van der Waals surface area contributed by atoms with Crippen molar-refractivity contribution >= 4 is 13.6 Å². The first-order chi connectivity index (χ1) is 5.30. The quantitative estimate of drug-likeness (QED) is 0.447. The lowest BCUT2D eigenvalue weighted by molar-refractivity contribution is -0.307. The average Bonchev–Trinajstić information content (AvgIpc) is 1.85. The van der Waals surface area contributed by atoms with Gasteiger partial charge >= 0.3 is 7.60 Å². The lowest BCUT2D eigenvalue weighted by Gasteiger charge is -2.23. The van der Waals surface area contributed by atoms with Crippen molar-refractivity contribution in [1.82, 2.24) is 0 Å². The molecule has 4 N–H and O–H groups in total. The predicted molar refractivity (Wildman–Crippen MR) is 39.1 cm³/mol. The Balaban J connectivity index is 4.57. The first kappa shape index (κ1) is 11.6. The van der Waals surface area contributed by atoms with E-state index in [4.69, 9.17) is 15.5 Å². The number of carbonyl (C=O) groups is 1. The van der Waals surface area contributed by atoms with Crippen molar-refractivity contribution in [1.29, 1.82) is 0 Å². The van der Waals surface area contributed by atoms with E-state index >= 15 is 0 Å². The smallest absolute Gasteiger partial charge is 0.330 e. The SMILES string of the molecule is CCC(C(N)C(=O)[O-])P(=O)(O)O. The van der Waals surface area contributed by atoms with Crippen LogP contribution < -0.4 is 10.8 Å². The van der Waals surface area contributed by atoms with Crippen LogP contribution in [0.15, 0.2) is 0 Å². The summed E-state index contributed by atoms with van der Waals surface area (Å²) in [6, 6.07) is -1.61. The molecule has 0 amide bonds. The van der Waals surface area contributed by atoms with E-state index in [1.54, 1.807) is 0 Å². The first-order valence-electron chi connectivity index (χ1n) is 3.32. The van der Waals surface area contributed by atoms with E-state index in [0.717, 1.165) is 0 Å². The number of rotatable bonds is 4. The Labute approximate surface area is 69.5 Å². The molecule has 0 aliphatic carbocycles. The third-order valence-electron chi connectivity index (χ3n) is 1.54. The molecule has 6 nitrogen and oxygen atoms in total. The van der Waals surface area contributed by atoms with Crippen molar-refractivity contribution in [2.24, 2.45) is 5.73 Å². The first-order valence-corrected chi connectivity index (χ1v) is 5.00. The molecule has 12 heavy (non-hydrogen) atoms. The van der Waals surface area contributed by atoms with E-state index in [-0.39, 0.29) is 6.42 Å². The molecule has 2 unspecified atom stereocenters. The van der Waals surface area contributed by atoms with Gasteiger partial charge in [-0.3, -0.25) is 4.57 Å². The number of aliphatic carboxylic acids is 1. The van der Waals surface area contributed by atoms with Gasteiger partial charge in [0.1, 0.15) is 0 Å². The number of nitrogens with two attached hydrogens (primary N) is 1. The maximum atomic E-state index is 10.6. The molecule has 0 aromatic rings. The summed E-state index contributed by atoms with van der Waals surface area (Å²) in [6.07, 6.45) is -0.000571. The van der Waals surface area contributed by atoms with Crippen LogP contribution >= 0.6 is 7.60 Å². The fourth-order valence-corrected chi connectivity index (χ4v) is 1.87. The Hall–Kier alpha value is -0.420. The molecule has 0 radical (unpaired) electrons. The van der Waals surface area contributed by atoms with Gasteiger partial charge in [0.25, 0.3) is 0 Å². The molecular weight excluding hydrogens is 185 g/mol. The van der Waals surface area contributed by atoms with Crippen LogP contribution in [0.3, 0.4) is 0 Å². The highest BCUT2D eigenvalue weighted by atomic mass is 31.2. The van der Waals surface area contributed by atoms with Crippen molar-refractivity contribution in [3.05, 3.63) is 0 Å². The molecule has 0 rings (SSSR count). The number of hydrogen-bond donors (Lipinski definition) is 3. The van der Waals surface area contributed by atoms with Gasteiger partial charge in [-0.2, -0.15) is 0 Å². The highest BCUT2D eigenvalue weighted by Gasteiger charge is 2.33. The summed E-state index contributed by atoms with van der Waals surface area (Å²) in [5, 5.41) is 10.2. The summed E-state index contributed by atoms with van der Waals surface area (Å²) in [5.41, 5.74) is 3.64. The van der Waals surface area contributed by atoms with Gasteiger partial charge in [-0.25, -0.2) is 0 Å². The van der Waals surface area contributed by atoms with Gasteiger partial charge in [0.15, 0.2) is 0 Å². The van der Waals surface area contributed by atoms with Crippen LogP contribution in [-0.4, -0.2) is 27.5 Å². The zero-order valence-corrected chi connectivity index (χ0v) is 7.40. The molecular formula is C5H11NO5P-. The van der Waals surface area contributed by atoms with Crippen LogP contribution in [0, 0.1) is 0 Å². The molecule has 0 saturated carbocycles. The van der Waals surface area contributed by atoms with Gasteiger partial charge < -0.3 is 25.4 Å². The molecule has 0 fully saturated rings. The fraction of sp³-hybridized carbons (Fsp3) is 0.800. The monoisotopic (exact) mass is 196 g/mol. The van der Waals surface area contributed by atoms with Crippen LogP contribution in [0.4, 0.5) is 0 Å². The van der Waals surface area contributed by atoms with E-state index < -0.39 is 25.3 Å². The van der Waals surface area contributed by atoms with E-state index in [0.29, 0.717) is 0 Å². The molecule has 7 heteroatoms. The zero-order chi connectivity index (χ0) is 9.94. The van der Waals surface area contributed by atoms with Crippen LogP contribution in [0.1, 0.15) is 13.3 Å². The van der Waals surface area contributed by atoms with Crippen molar-refractivity contribution in [2.45, 2.75) is 25.0 Å².